The van der Waals surface area contributed by atoms with Crippen LogP contribution < -0.4 is 10.6 Å². The van der Waals surface area contributed by atoms with Gasteiger partial charge in [0.05, 0.1) is 18.0 Å². The molecule has 0 amide bonds. The lowest BCUT2D eigenvalue weighted by Gasteiger charge is -2.21. The van der Waals surface area contributed by atoms with Crippen molar-refractivity contribution in [2.75, 3.05) is 30.8 Å². The number of rotatable bonds is 3. The van der Waals surface area contributed by atoms with Crippen LogP contribution in [0.5, 0.6) is 0 Å². The lowest BCUT2D eigenvalue weighted by atomic mass is 10.1. The van der Waals surface area contributed by atoms with Gasteiger partial charge in [0.2, 0.25) is 0 Å². The van der Waals surface area contributed by atoms with Crippen molar-refractivity contribution in [3.63, 3.8) is 0 Å². The highest BCUT2D eigenvalue weighted by Crippen LogP contribution is 2.25. The van der Waals surface area contributed by atoms with Crippen molar-refractivity contribution in [2.24, 2.45) is 0 Å². The van der Waals surface area contributed by atoms with E-state index in [0.717, 1.165) is 11.4 Å². The standard InChI is InChI=1S/C11H18N2O/c1-8-6-10(12)11(7-9(8)2)13(3)4-5-14/h6-7,14H,4-5,12H2,1-3H3. The zero-order valence-electron chi connectivity index (χ0n) is 9.04. The van der Waals surface area contributed by atoms with Crippen molar-refractivity contribution in [3.05, 3.63) is 23.3 Å². The van der Waals surface area contributed by atoms with E-state index >= 15 is 0 Å². The van der Waals surface area contributed by atoms with E-state index in [1.165, 1.54) is 11.1 Å². The smallest absolute Gasteiger partial charge is 0.0606 e. The molecule has 0 aliphatic rings. The van der Waals surface area contributed by atoms with Gasteiger partial charge >= 0.3 is 0 Å². The number of benzene rings is 1. The SMILES string of the molecule is Cc1cc(N)c(N(C)CCO)cc1C. The first-order valence-corrected chi connectivity index (χ1v) is 4.75. The molecule has 3 nitrogen and oxygen atoms in total. The molecule has 0 heterocycles. The maximum Gasteiger partial charge on any atom is 0.0606 e. The number of hydrogen-bond acceptors (Lipinski definition) is 3. The Bertz CT molecular complexity index is 323. The molecule has 0 aliphatic heterocycles. The van der Waals surface area contributed by atoms with Gasteiger partial charge in [-0.25, -0.2) is 0 Å². The van der Waals surface area contributed by atoms with Crippen molar-refractivity contribution in [1.29, 1.82) is 0 Å². The predicted molar refractivity (Wildman–Crippen MR) is 60.7 cm³/mol. The highest BCUT2D eigenvalue weighted by atomic mass is 16.3. The number of hydrogen-bond donors (Lipinski definition) is 2. The molecule has 1 aromatic carbocycles. The third-order valence-corrected chi connectivity index (χ3v) is 2.49. The molecule has 0 saturated carbocycles. The summed E-state index contributed by atoms with van der Waals surface area (Å²) in [4.78, 5) is 1.96. The first-order valence-electron chi connectivity index (χ1n) is 4.75. The van der Waals surface area contributed by atoms with Crippen molar-refractivity contribution >= 4 is 11.4 Å². The molecule has 0 unspecified atom stereocenters. The topological polar surface area (TPSA) is 49.5 Å². The molecule has 0 aliphatic carbocycles. The van der Waals surface area contributed by atoms with Crippen molar-refractivity contribution in [1.82, 2.24) is 0 Å². The highest BCUT2D eigenvalue weighted by Gasteiger charge is 2.06. The molecule has 3 heteroatoms. The summed E-state index contributed by atoms with van der Waals surface area (Å²) in [6.45, 7) is 4.85. The Morgan fingerprint density at radius 3 is 2.43 bits per heavy atom. The van der Waals surface area contributed by atoms with Crippen LogP contribution in [-0.4, -0.2) is 25.3 Å². The molecule has 0 fully saturated rings. The molecule has 3 N–H and O–H groups in total. The summed E-state index contributed by atoms with van der Waals surface area (Å²) in [6, 6.07) is 4.03. The average molecular weight is 194 g/mol. The quantitative estimate of drug-likeness (QED) is 0.713. The minimum Gasteiger partial charge on any atom is -0.397 e. The zero-order valence-corrected chi connectivity index (χ0v) is 9.04. The Morgan fingerprint density at radius 2 is 1.86 bits per heavy atom. The van der Waals surface area contributed by atoms with Crippen LogP contribution in [0.1, 0.15) is 11.1 Å². The Kier molecular flexibility index (Phi) is 3.36. The lowest BCUT2D eigenvalue weighted by Crippen LogP contribution is -2.22. The number of nitrogens with zero attached hydrogens (tertiary/aromatic N) is 1. The van der Waals surface area contributed by atoms with Gasteiger partial charge in [-0.1, -0.05) is 0 Å². The Morgan fingerprint density at radius 1 is 1.29 bits per heavy atom. The molecule has 1 aromatic rings. The number of likely N-dealkylation sites (N-methyl/N-ethyl adjacent to an activating group) is 1. The largest absolute Gasteiger partial charge is 0.397 e. The van der Waals surface area contributed by atoms with Gasteiger partial charge in [0, 0.05) is 13.6 Å². The van der Waals surface area contributed by atoms with E-state index in [1.54, 1.807) is 0 Å². The van der Waals surface area contributed by atoms with Gasteiger partial charge in [-0.3, -0.25) is 0 Å². The second-order valence-electron chi connectivity index (χ2n) is 3.64. The number of anilines is 2. The van der Waals surface area contributed by atoms with Gasteiger partial charge in [-0.15, -0.1) is 0 Å². The number of aliphatic hydroxyl groups is 1. The summed E-state index contributed by atoms with van der Waals surface area (Å²) in [7, 11) is 1.93. The normalized spacial score (nSPS) is 10.3. The second-order valence-corrected chi connectivity index (χ2v) is 3.64. The Balaban J connectivity index is 3.02. The molecule has 1 rings (SSSR count). The molecule has 0 aromatic heterocycles. The Labute approximate surface area is 85.2 Å². The molecule has 78 valence electrons. The fraction of sp³-hybridized carbons (Fsp3) is 0.455. The van der Waals surface area contributed by atoms with Crippen LogP contribution in [0.3, 0.4) is 0 Å². The molecular weight excluding hydrogens is 176 g/mol. The zero-order chi connectivity index (χ0) is 10.7. The average Bonchev–Trinajstić information content (AvgIpc) is 2.11. The van der Waals surface area contributed by atoms with Gasteiger partial charge in [0.1, 0.15) is 0 Å². The van der Waals surface area contributed by atoms with Crippen LogP contribution in [0.15, 0.2) is 12.1 Å². The number of aryl methyl sites for hydroxylation is 2. The molecule has 0 spiro atoms. The Hall–Kier alpha value is -1.22. The van der Waals surface area contributed by atoms with E-state index in [-0.39, 0.29) is 6.61 Å². The van der Waals surface area contributed by atoms with Crippen LogP contribution in [-0.2, 0) is 0 Å². The predicted octanol–water partition coefficient (Wildman–Crippen LogP) is 1.31. The third kappa shape index (κ3) is 2.17. The summed E-state index contributed by atoms with van der Waals surface area (Å²) in [6.07, 6.45) is 0. The second kappa shape index (κ2) is 4.33. The number of nitrogens with two attached hydrogens (primary N) is 1. The minimum atomic E-state index is 0.142. The summed E-state index contributed by atoms with van der Waals surface area (Å²) in [5, 5.41) is 8.83. The van der Waals surface area contributed by atoms with Crippen LogP contribution in [0.2, 0.25) is 0 Å². The van der Waals surface area contributed by atoms with Crippen molar-refractivity contribution in [3.8, 4) is 0 Å². The van der Waals surface area contributed by atoms with Gasteiger partial charge < -0.3 is 15.7 Å². The van der Waals surface area contributed by atoms with E-state index in [2.05, 4.69) is 13.0 Å². The summed E-state index contributed by atoms with van der Waals surface area (Å²) >= 11 is 0. The number of nitrogen functional groups attached to an aromatic ring is 1. The fourth-order valence-electron chi connectivity index (χ4n) is 1.42. The molecule has 14 heavy (non-hydrogen) atoms. The van der Waals surface area contributed by atoms with E-state index in [1.807, 2.05) is 24.9 Å². The van der Waals surface area contributed by atoms with E-state index in [0.29, 0.717) is 6.54 Å². The summed E-state index contributed by atoms with van der Waals surface area (Å²) < 4.78 is 0. The van der Waals surface area contributed by atoms with Crippen LogP contribution in [0.25, 0.3) is 0 Å². The van der Waals surface area contributed by atoms with Gasteiger partial charge in [0.25, 0.3) is 0 Å². The van der Waals surface area contributed by atoms with Gasteiger partial charge in [0.15, 0.2) is 0 Å². The summed E-state index contributed by atoms with van der Waals surface area (Å²) in [5.41, 5.74) is 10.1. The van der Waals surface area contributed by atoms with Gasteiger partial charge in [-0.2, -0.15) is 0 Å². The first-order chi connectivity index (χ1) is 6.56. The lowest BCUT2D eigenvalue weighted by molar-refractivity contribution is 0.304. The number of aliphatic hydroxyl groups excluding tert-OH is 1. The first kappa shape index (κ1) is 10.9. The molecule has 0 saturated heterocycles. The fourth-order valence-corrected chi connectivity index (χ4v) is 1.42. The highest BCUT2D eigenvalue weighted by molar-refractivity contribution is 5.69. The maximum absolute atomic E-state index is 8.83. The molecular formula is C11H18N2O. The van der Waals surface area contributed by atoms with Crippen LogP contribution in [0.4, 0.5) is 11.4 Å². The van der Waals surface area contributed by atoms with E-state index < -0.39 is 0 Å². The molecule has 0 atom stereocenters. The maximum atomic E-state index is 8.83. The van der Waals surface area contributed by atoms with Crippen molar-refractivity contribution < 1.29 is 5.11 Å². The van der Waals surface area contributed by atoms with Crippen molar-refractivity contribution in [2.45, 2.75) is 13.8 Å². The van der Waals surface area contributed by atoms with E-state index in [4.69, 9.17) is 10.8 Å². The summed E-state index contributed by atoms with van der Waals surface area (Å²) in [5.74, 6) is 0. The minimum absolute atomic E-state index is 0.142. The van der Waals surface area contributed by atoms with Crippen LogP contribution in [0, 0.1) is 13.8 Å². The van der Waals surface area contributed by atoms with Crippen LogP contribution >= 0.6 is 0 Å². The third-order valence-electron chi connectivity index (χ3n) is 2.49. The van der Waals surface area contributed by atoms with Gasteiger partial charge in [-0.05, 0) is 37.1 Å². The molecule has 0 radical (unpaired) electrons. The molecule has 0 bridgehead atoms. The monoisotopic (exact) mass is 194 g/mol. The van der Waals surface area contributed by atoms with E-state index in [9.17, 15) is 0 Å².